The van der Waals surface area contributed by atoms with Gasteiger partial charge in [0.1, 0.15) is 6.10 Å². The highest BCUT2D eigenvalue weighted by Gasteiger charge is 2.18. The fourth-order valence-electron chi connectivity index (χ4n) is 2.25. The van der Waals surface area contributed by atoms with Crippen LogP contribution in [-0.2, 0) is 4.74 Å². The lowest BCUT2D eigenvalue weighted by Crippen LogP contribution is -2.43. The van der Waals surface area contributed by atoms with Gasteiger partial charge in [-0.05, 0) is 51.9 Å². The van der Waals surface area contributed by atoms with Crippen molar-refractivity contribution >= 4 is 0 Å². The second kappa shape index (κ2) is 5.52. The zero-order chi connectivity index (χ0) is 10.5. The van der Waals surface area contributed by atoms with Crippen LogP contribution in [0.15, 0.2) is 12.3 Å². The number of hydrogen-bond donors (Lipinski definition) is 1. The van der Waals surface area contributed by atoms with Crippen LogP contribution in [0.1, 0.15) is 25.7 Å². The topological polar surface area (TPSA) is 24.5 Å². The number of piperidine rings is 1. The van der Waals surface area contributed by atoms with E-state index in [-0.39, 0.29) is 0 Å². The van der Waals surface area contributed by atoms with Crippen LogP contribution in [0, 0.1) is 0 Å². The molecule has 2 aliphatic rings. The average Bonchev–Trinajstić information content (AvgIpc) is 2.30. The maximum atomic E-state index is 5.54. The Morgan fingerprint density at radius 3 is 2.80 bits per heavy atom. The Morgan fingerprint density at radius 2 is 2.13 bits per heavy atom. The van der Waals surface area contributed by atoms with Gasteiger partial charge in [0.05, 0.1) is 6.26 Å². The minimum Gasteiger partial charge on any atom is -0.497 e. The maximum Gasteiger partial charge on any atom is 0.110 e. The first kappa shape index (κ1) is 11.0. The molecule has 1 fully saturated rings. The Hall–Kier alpha value is -0.540. The van der Waals surface area contributed by atoms with Gasteiger partial charge in [0.2, 0.25) is 0 Å². The number of rotatable bonds is 3. The van der Waals surface area contributed by atoms with Gasteiger partial charge in [-0.15, -0.1) is 0 Å². The average molecular weight is 210 g/mol. The first-order valence-electron chi connectivity index (χ1n) is 6.07. The largest absolute Gasteiger partial charge is 0.497 e. The lowest BCUT2D eigenvalue weighted by atomic mass is 10.0. The van der Waals surface area contributed by atoms with Crippen LogP contribution >= 0.6 is 0 Å². The number of likely N-dealkylation sites (tertiary alicyclic amines) is 1. The van der Waals surface area contributed by atoms with Crippen molar-refractivity contribution in [3.63, 3.8) is 0 Å². The Balaban J connectivity index is 1.63. The summed E-state index contributed by atoms with van der Waals surface area (Å²) in [7, 11) is 2.20. The molecule has 0 saturated carbocycles. The number of nitrogens with zero attached hydrogens (tertiary/aromatic N) is 1. The molecule has 0 spiro atoms. The van der Waals surface area contributed by atoms with E-state index >= 15 is 0 Å². The highest BCUT2D eigenvalue weighted by molar-refractivity contribution is 4.84. The Morgan fingerprint density at radius 1 is 1.33 bits per heavy atom. The van der Waals surface area contributed by atoms with E-state index < -0.39 is 0 Å². The van der Waals surface area contributed by atoms with E-state index in [1.807, 2.05) is 6.26 Å². The molecule has 0 aliphatic carbocycles. The van der Waals surface area contributed by atoms with Crippen molar-refractivity contribution in [2.24, 2.45) is 0 Å². The number of ether oxygens (including phenoxy) is 1. The quantitative estimate of drug-likeness (QED) is 0.761. The SMILES string of the molecule is CN1CCC(NCC2CCC=CO2)CC1. The van der Waals surface area contributed by atoms with Crippen LogP contribution in [0.4, 0.5) is 0 Å². The standard InChI is InChI=1S/C12H22N2O/c1-14-7-5-11(6-8-14)13-10-12-4-2-3-9-15-12/h3,9,11-13H,2,4-8,10H2,1H3. The fourth-order valence-corrected chi connectivity index (χ4v) is 2.25. The highest BCUT2D eigenvalue weighted by atomic mass is 16.5. The van der Waals surface area contributed by atoms with Crippen molar-refractivity contribution in [1.82, 2.24) is 10.2 Å². The Bertz CT molecular complexity index is 210. The van der Waals surface area contributed by atoms with E-state index in [1.165, 1.54) is 32.4 Å². The molecule has 0 amide bonds. The summed E-state index contributed by atoms with van der Waals surface area (Å²) in [4.78, 5) is 2.40. The summed E-state index contributed by atoms with van der Waals surface area (Å²) in [5, 5.41) is 3.63. The van der Waals surface area contributed by atoms with Gasteiger partial charge in [-0.25, -0.2) is 0 Å². The normalized spacial score (nSPS) is 29.0. The second-order valence-electron chi connectivity index (χ2n) is 4.69. The van der Waals surface area contributed by atoms with E-state index in [0.29, 0.717) is 12.1 Å². The number of allylic oxidation sites excluding steroid dienone is 1. The molecule has 3 nitrogen and oxygen atoms in total. The predicted molar refractivity (Wildman–Crippen MR) is 61.8 cm³/mol. The lowest BCUT2D eigenvalue weighted by Gasteiger charge is -2.31. The third kappa shape index (κ3) is 3.50. The summed E-state index contributed by atoms with van der Waals surface area (Å²) >= 11 is 0. The summed E-state index contributed by atoms with van der Waals surface area (Å²) < 4.78 is 5.54. The molecule has 0 bridgehead atoms. The van der Waals surface area contributed by atoms with Crippen LogP contribution in [0.5, 0.6) is 0 Å². The molecule has 2 aliphatic heterocycles. The van der Waals surface area contributed by atoms with Crippen LogP contribution in [-0.4, -0.2) is 43.7 Å². The minimum atomic E-state index is 0.398. The Kier molecular flexibility index (Phi) is 4.03. The molecule has 0 aromatic heterocycles. The Labute approximate surface area is 92.5 Å². The summed E-state index contributed by atoms with van der Waals surface area (Å²) in [6, 6.07) is 0.704. The molecule has 86 valence electrons. The van der Waals surface area contributed by atoms with Crippen molar-refractivity contribution < 1.29 is 4.74 Å². The van der Waals surface area contributed by atoms with E-state index in [0.717, 1.165) is 13.0 Å². The zero-order valence-electron chi connectivity index (χ0n) is 9.61. The van der Waals surface area contributed by atoms with Gasteiger partial charge in [-0.2, -0.15) is 0 Å². The van der Waals surface area contributed by atoms with Crippen molar-refractivity contribution in [3.8, 4) is 0 Å². The van der Waals surface area contributed by atoms with Crippen LogP contribution < -0.4 is 5.32 Å². The van der Waals surface area contributed by atoms with Crippen LogP contribution in [0.2, 0.25) is 0 Å². The third-order valence-corrected chi connectivity index (χ3v) is 3.38. The lowest BCUT2D eigenvalue weighted by molar-refractivity contribution is 0.114. The molecule has 0 aromatic carbocycles. The molecule has 3 heteroatoms. The molecule has 15 heavy (non-hydrogen) atoms. The minimum absolute atomic E-state index is 0.398. The first-order valence-corrected chi connectivity index (χ1v) is 6.07. The smallest absolute Gasteiger partial charge is 0.110 e. The molecule has 0 radical (unpaired) electrons. The first-order chi connectivity index (χ1) is 7.34. The van der Waals surface area contributed by atoms with Gasteiger partial charge < -0.3 is 15.0 Å². The van der Waals surface area contributed by atoms with Crippen molar-refractivity contribution in [1.29, 1.82) is 0 Å². The van der Waals surface area contributed by atoms with Crippen molar-refractivity contribution in [2.75, 3.05) is 26.7 Å². The molecular weight excluding hydrogens is 188 g/mol. The van der Waals surface area contributed by atoms with Crippen LogP contribution in [0.3, 0.4) is 0 Å². The molecule has 2 heterocycles. The third-order valence-electron chi connectivity index (χ3n) is 3.38. The molecular formula is C12H22N2O. The number of nitrogens with one attached hydrogen (secondary N) is 1. The summed E-state index contributed by atoms with van der Waals surface area (Å²) in [6.45, 7) is 3.46. The number of hydrogen-bond acceptors (Lipinski definition) is 3. The second-order valence-corrected chi connectivity index (χ2v) is 4.69. The van der Waals surface area contributed by atoms with Gasteiger partial charge in [-0.1, -0.05) is 0 Å². The van der Waals surface area contributed by atoms with Gasteiger partial charge in [0.25, 0.3) is 0 Å². The van der Waals surface area contributed by atoms with E-state index in [9.17, 15) is 0 Å². The predicted octanol–water partition coefficient (Wildman–Crippen LogP) is 1.36. The van der Waals surface area contributed by atoms with E-state index in [4.69, 9.17) is 4.74 Å². The molecule has 1 N–H and O–H groups in total. The molecule has 0 aromatic rings. The van der Waals surface area contributed by atoms with Gasteiger partial charge >= 0.3 is 0 Å². The highest BCUT2D eigenvalue weighted by Crippen LogP contribution is 2.12. The summed E-state index contributed by atoms with van der Waals surface area (Å²) in [5.74, 6) is 0. The van der Waals surface area contributed by atoms with E-state index in [2.05, 4.69) is 23.3 Å². The van der Waals surface area contributed by atoms with E-state index in [1.54, 1.807) is 0 Å². The monoisotopic (exact) mass is 210 g/mol. The summed E-state index contributed by atoms with van der Waals surface area (Å²) in [5.41, 5.74) is 0. The van der Waals surface area contributed by atoms with Crippen molar-refractivity contribution in [3.05, 3.63) is 12.3 Å². The summed E-state index contributed by atoms with van der Waals surface area (Å²) in [6.07, 6.45) is 9.24. The molecule has 1 atom stereocenters. The molecule has 1 unspecified atom stereocenters. The van der Waals surface area contributed by atoms with Crippen molar-refractivity contribution in [2.45, 2.75) is 37.8 Å². The fraction of sp³-hybridized carbons (Fsp3) is 0.833. The molecule has 1 saturated heterocycles. The molecule has 2 rings (SSSR count). The van der Waals surface area contributed by atoms with Gasteiger partial charge in [-0.3, -0.25) is 0 Å². The van der Waals surface area contributed by atoms with Gasteiger partial charge in [0.15, 0.2) is 0 Å². The van der Waals surface area contributed by atoms with Crippen LogP contribution in [0.25, 0.3) is 0 Å². The zero-order valence-corrected chi connectivity index (χ0v) is 9.61. The maximum absolute atomic E-state index is 5.54. The van der Waals surface area contributed by atoms with Gasteiger partial charge in [0, 0.05) is 12.6 Å².